The Labute approximate surface area is 166 Å². The average molecular weight is 386 g/mol. The van der Waals surface area contributed by atoms with Gasteiger partial charge in [-0.3, -0.25) is 9.69 Å². The molecule has 2 fully saturated rings. The number of hydrogen-bond acceptors (Lipinski definition) is 5. The second-order valence-electron chi connectivity index (χ2n) is 9.14. The number of nitrogens with one attached hydrogen (secondary N) is 2. The summed E-state index contributed by atoms with van der Waals surface area (Å²) in [5.74, 6) is 0.889. The standard InChI is InChI=1S/C21H31N5O2/c1-15-6-5-8-26-16(15)11-23-19(26)20(2,3)24-18(27)17-10-22-7-9-25(17)12-21(4)13-28-14-21/h5-6,8,11,17,22H,7,9-10,12-14H2,1-4H3,(H,24,27)/t17-/m0/s1. The number of piperazine rings is 1. The van der Waals surface area contributed by atoms with Crippen LogP contribution in [0.15, 0.2) is 24.5 Å². The number of nitrogens with zero attached hydrogens (tertiary/aromatic N) is 3. The smallest absolute Gasteiger partial charge is 0.239 e. The lowest BCUT2D eigenvalue weighted by molar-refractivity contribution is -0.138. The van der Waals surface area contributed by atoms with Crippen LogP contribution in [-0.2, 0) is 15.1 Å². The second-order valence-corrected chi connectivity index (χ2v) is 9.14. The van der Waals surface area contributed by atoms with E-state index in [1.54, 1.807) is 0 Å². The number of carbonyl (C=O) groups is 1. The third-order valence-corrected chi connectivity index (χ3v) is 5.92. The van der Waals surface area contributed by atoms with Gasteiger partial charge in [-0.05, 0) is 32.4 Å². The van der Waals surface area contributed by atoms with Crippen molar-refractivity contribution < 1.29 is 9.53 Å². The largest absolute Gasteiger partial charge is 0.380 e. The van der Waals surface area contributed by atoms with Gasteiger partial charge in [-0.2, -0.15) is 0 Å². The molecule has 2 aliphatic heterocycles. The molecule has 2 saturated heterocycles. The summed E-state index contributed by atoms with van der Waals surface area (Å²) in [5, 5.41) is 6.63. The van der Waals surface area contributed by atoms with E-state index >= 15 is 0 Å². The van der Waals surface area contributed by atoms with E-state index in [-0.39, 0.29) is 17.4 Å². The molecule has 2 aromatic rings. The molecule has 0 unspecified atom stereocenters. The minimum absolute atomic E-state index is 0.0467. The summed E-state index contributed by atoms with van der Waals surface area (Å²) in [4.78, 5) is 20.2. The molecule has 2 aliphatic rings. The first-order valence-corrected chi connectivity index (χ1v) is 10.1. The van der Waals surface area contributed by atoms with Crippen LogP contribution in [0.25, 0.3) is 5.52 Å². The summed E-state index contributed by atoms with van der Waals surface area (Å²) in [5.41, 5.74) is 1.81. The minimum Gasteiger partial charge on any atom is -0.380 e. The highest BCUT2D eigenvalue weighted by molar-refractivity contribution is 5.83. The Morgan fingerprint density at radius 2 is 2.25 bits per heavy atom. The Morgan fingerprint density at radius 3 is 2.96 bits per heavy atom. The molecule has 0 aromatic carbocycles. The molecule has 28 heavy (non-hydrogen) atoms. The van der Waals surface area contributed by atoms with Gasteiger partial charge >= 0.3 is 0 Å². The molecule has 0 bridgehead atoms. The zero-order chi connectivity index (χ0) is 19.9. The van der Waals surface area contributed by atoms with Crippen molar-refractivity contribution in [3.8, 4) is 0 Å². The molecular formula is C21H31N5O2. The predicted octanol–water partition coefficient (Wildman–Crippen LogP) is 1.30. The second kappa shape index (κ2) is 7.13. The van der Waals surface area contributed by atoms with Crippen LogP contribution in [0.1, 0.15) is 32.2 Å². The number of fused-ring (bicyclic) bond motifs is 1. The lowest BCUT2D eigenvalue weighted by Gasteiger charge is -2.45. The van der Waals surface area contributed by atoms with E-state index in [1.165, 1.54) is 5.56 Å². The first-order chi connectivity index (χ1) is 13.3. The van der Waals surface area contributed by atoms with E-state index in [2.05, 4.69) is 44.8 Å². The molecule has 4 rings (SSSR count). The van der Waals surface area contributed by atoms with Crippen LogP contribution in [0, 0.1) is 12.3 Å². The average Bonchev–Trinajstić information content (AvgIpc) is 3.07. The molecule has 2 N–H and O–H groups in total. The summed E-state index contributed by atoms with van der Waals surface area (Å²) in [6.07, 6.45) is 3.88. The summed E-state index contributed by atoms with van der Waals surface area (Å²) < 4.78 is 7.47. The Hall–Kier alpha value is -1.96. The van der Waals surface area contributed by atoms with Crippen molar-refractivity contribution in [2.24, 2.45) is 5.41 Å². The van der Waals surface area contributed by atoms with Crippen LogP contribution in [0.5, 0.6) is 0 Å². The van der Waals surface area contributed by atoms with Crippen LogP contribution in [0.2, 0.25) is 0 Å². The lowest BCUT2D eigenvalue weighted by atomic mass is 9.87. The van der Waals surface area contributed by atoms with Gasteiger partial charge in [-0.25, -0.2) is 4.98 Å². The van der Waals surface area contributed by atoms with Crippen LogP contribution in [0.4, 0.5) is 0 Å². The molecule has 4 heterocycles. The van der Waals surface area contributed by atoms with E-state index in [1.807, 2.05) is 32.3 Å². The zero-order valence-corrected chi connectivity index (χ0v) is 17.3. The number of hydrogen-bond donors (Lipinski definition) is 2. The fourth-order valence-electron chi connectivity index (χ4n) is 4.30. The molecule has 0 radical (unpaired) electrons. The third kappa shape index (κ3) is 3.54. The summed E-state index contributed by atoms with van der Waals surface area (Å²) >= 11 is 0. The van der Waals surface area contributed by atoms with E-state index in [0.717, 1.165) is 44.2 Å². The highest BCUT2D eigenvalue weighted by Gasteiger charge is 2.40. The number of pyridine rings is 1. The van der Waals surface area contributed by atoms with Crippen molar-refractivity contribution >= 4 is 11.4 Å². The fourth-order valence-corrected chi connectivity index (χ4v) is 4.30. The number of amides is 1. The van der Waals surface area contributed by atoms with Crippen LogP contribution in [-0.4, -0.2) is 65.6 Å². The van der Waals surface area contributed by atoms with Gasteiger partial charge in [-0.15, -0.1) is 0 Å². The van der Waals surface area contributed by atoms with Crippen molar-refractivity contribution in [3.63, 3.8) is 0 Å². The number of carbonyl (C=O) groups excluding carboxylic acids is 1. The number of rotatable bonds is 5. The minimum atomic E-state index is -0.579. The highest BCUT2D eigenvalue weighted by Crippen LogP contribution is 2.29. The van der Waals surface area contributed by atoms with Crippen molar-refractivity contribution in [1.82, 2.24) is 24.9 Å². The van der Waals surface area contributed by atoms with Crippen molar-refractivity contribution in [1.29, 1.82) is 0 Å². The maximum absolute atomic E-state index is 13.3. The monoisotopic (exact) mass is 385 g/mol. The van der Waals surface area contributed by atoms with E-state index in [0.29, 0.717) is 6.54 Å². The fraction of sp³-hybridized carbons (Fsp3) is 0.619. The first-order valence-electron chi connectivity index (χ1n) is 10.1. The molecular weight excluding hydrogens is 354 g/mol. The summed E-state index contributed by atoms with van der Waals surface area (Å²) in [6.45, 7) is 13.2. The topological polar surface area (TPSA) is 70.9 Å². The summed E-state index contributed by atoms with van der Waals surface area (Å²) in [6, 6.07) is 3.90. The Balaban J connectivity index is 1.52. The molecule has 0 saturated carbocycles. The van der Waals surface area contributed by atoms with Gasteiger partial charge in [0, 0.05) is 37.8 Å². The molecule has 2 aromatic heterocycles. The zero-order valence-electron chi connectivity index (χ0n) is 17.3. The molecule has 1 atom stereocenters. The number of ether oxygens (including phenoxy) is 1. The number of aryl methyl sites for hydroxylation is 1. The van der Waals surface area contributed by atoms with Gasteiger partial charge in [0.2, 0.25) is 5.91 Å². The predicted molar refractivity (Wildman–Crippen MR) is 108 cm³/mol. The molecule has 0 spiro atoms. The maximum Gasteiger partial charge on any atom is 0.239 e. The Morgan fingerprint density at radius 1 is 1.46 bits per heavy atom. The Bertz CT molecular complexity index is 871. The van der Waals surface area contributed by atoms with Gasteiger partial charge in [0.25, 0.3) is 0 Å². The van der Waals surface area contributed by atoms with E-state index in [9.17, 15) is 4.79 Å². The van der Waals surface area contributed by atoms with E-state index in [4.69, 9.17) is 4.74 Å². The summed E-state index contributed by atoms with van der Waals surface area (Å²) in [7, 11) is 0. The molecule has 0 aliphatic carbocycles. The quantitative estimate of drug-likeness (QED) is 0.812. The van der Waals surface area contributed by atoms with Gasteiger partial charge in [0.1, 0.15) is 11.9 Å². The lowest BCUT2D eigenvalue weighted by Crippen LogP contribution is -2.63. The van der Waals surface area contributed by atoms with Gasteiger partial charge < -0.3 is 19.8 Å². The molecule has 152 valence electrons. The number of imidazole rings is 1. The number of aromatic nitrogens is 2. The van der Waals surface area contributed by atoms with Crippen LogP contribution >= 0.6 is 0 Å². The molecule has 7 nitrogen and oxygen atoms in total. The Kier molecular flexibility index (Phi) is 4.93. The van der Waals surface area contributed by atoms with Gasteiger partial charge in [-0.1, -0.05) is 13.0 Å². The van der Waals surface area contributed by atoms with Crippen molar-refractivity contribution in [2.75, 3.05) is 39.4 Å². The first kappa shape index (κ1) is 19.4. The van der Waals surface area contributed by atoms with Crippen LogP contribution in [0.3, 0.4) is 0 Å². The highest BCUT2D eigenvalue weighted by atomic mass is 16.5. The van der Waals surface area contributed by atoms with Crippen LogP contribution < -0.4 is 10.6 Å². The third-order valence-electron chi connectivity index (χ3n) is 5.92. The molecule has 1 amide bonds. The normalized spacial score (nSPS) is 22.8. The maximum atomic E-state index is 13.3. The van der Waals surface area contributed by atoms with Crippen molar-refractivity contribution in [2.45, 2.75) is 39.3 Å². The van der Waals surface area contributed by atoms with Gasteiger partial charge in [0.15, 0.2) is 0 Å². The van der Waals surface area contributed by atoms with Crippen molar-refractivity contribution in [3.05, 3.63) is 35.9 Å². The van der Waals surface area contributed by atoms with Gasteiger partial charge in [0.05, 0.1) is 30.5 Å². The molecule has 7 heteroatoms. The van der Waals surface area contributed by atoms with E-state index < -0.39 is 5.54 Å². The SMILES string of the molecule is Cc1cccn2c(C(C)(C)NC(=O)[C@@H]3CNCCN3CC3(C)COC3)ncc12.